The van der Waals surface area contributed by atoms with Crippen molar-refractivity contribution in [1.82, 2.24) is 0 Å². The average molecular weight is 577 g/mol. The Balaban J connectivity index is 1.97. The number of alkyl halides is 3. The lowest BCUT2D eigenvalue weighted by atomic mass is 10.1. The van der Waals surface area contributed by atoms with Crippen LogP contribution in [0.5, 0.6) is 17.2 Å². The molecular weight excluding hydrogens is 561 g/mol. The van der Waals surface area contributed by atoms with Gasteiger partial charge in [0, 0.05) is 23.9 Å². The fraction of sp³-hybridized carbons (Fsp3) is 0.120. The number of carbonyl (C=O) groups excluding carboxylic acids is 1. The summed E-state index contributed by atoms with van der Waals surface area (Å²) < 4.78 is 50.1. The molecule has 0 aliphatic carbocycles. The van der Waals surface area contributed by atoms with Crippen molar-refractivity contribution >= 4 is 40.6 Å². The van der Waals surface area contributed by atoms with Crippen LogP contribution in [0.25, 0.3) is 6.08 Å². The summed E-state index contributed by atoms with van der Waals surface area (Å²) in [5.74, 6) is -1.79. The van der Waals surface area contributed by atoms with Crippen LogP contribution in [-0.4, -0.2) is 22.4 Å². The number of nitro benzene ring substituents is 2. The van der Waals surface area contributed by atoms with Gasteiger partial charge in [0.25, 0.3) is 11.6 Å². The minimum Gasteiger partial charge on any atom is -0.490 e. The Kier molecular flexibility index (Phi) is 8.92. The minimum atomic E-state index is -4.83. The number of rotatable bonds is 9. The number of anilines is 1. The Morgan fingerprint density at radius 3 is 2.42 bits per heavy atom. The molecule has 0 saturated heterocycles. The van der Waals surface area contributed by atoms with Crippen molar-refractivity contribution < 1.29 is 37.3 Å². The zero-order chi connectivity index (χ0) is 29.6. The topological polar surface area (TPSA) is 158 Å². The normalized spacial score (nSPS) is 11.3. The smallest absolute Gasteiger partial charge is 0.416 e. The van der Waals surface area contributed by atoms with Crippen LogP contribution in [0.3, 0.4) is 0 Å². The van der Waals surface area contributed by atoms with E-state index < -0.39 is 44.5 Å². The monoisotopic (exact) mass is 576 g/mol. The van der Waals surface area contributed by atoms with E-state index in [2.05, 4.69) is 5.32 Å². The molecule has 0 aliphatic heterocycles. The third kappa shape index (κ3) is 7.03. The Morgan fingerprint density at radius 2 is 1.82 bits per heavy atom. The molecule has 0 aromatic heterocycles. The number of nitriles is 1. The third-order valence-electron chi connectivity index (χ3n) is 5.02. The Morgan fingerprint density at radius 1 is 1.10 bits per heavy atom. The molecule has 0 radical (unpaired) electrons. The first kappa shape index (κ1) is 29.4. The van der Waals surface area contributed by atoms with E-state index in [1.54, 1.807) is 13.0 Å². The third-order valence-corrected chi connectivity index (χ3v) is 5.30. The lowest BCUT2D eigenvalue weighted by molar-refractivity contribution is -0.385. The van der Waals surface area contributed by atoms with Crippen LogP contribution >= 0.6 is 11.6 Å². The van der Waals surface area contributed by atoms with Gasteiger partial charge in [-0.2, -0.15) is 18.4 Å². The van der Waals surface area contributed by atoms with E-state index >= 15 is 0 Å². The van der Waals surface area contributed by atoms with Crippen molar-refractivity contribution in [2.75, 3.05) is 11.9 Å². The van der Waals surface area contributed by atoms with Gasteiger partial charge in [-0.25, -0.2) is 0 Å². The number of ether oxygens (including phenoxy) is 2. The first-order valence-electron chi connectivity index (χ1n) is 11.0. The van der Waals surface area contributed by atoms with Crippen LogP contribution < -0.4 is 14.8 Å². The van der Waals surface area contributed by atoms with Gasteiger partial charge in [0.1, 0.15) is 11.6 Å². The van der Waals surface area contributed by atoms with Crippen LogP contribution in [0, 0.1) is 31.6 Å². The number of nitrogens with one attached hydrogen (secondary N) is 1. The maximum atomic E-state index is 13.0. The molecule has 1 amide bonds. The summed E-state index contributed by atoms with van der Waals surface area (Å²) in [6.07, 6.45) is -3.70. The molecule has 3 aromatic carbocycles. The summed E-state index contributed by atoms with van der Waals surface area (Å²) in [5, 5.41) is 34.1. The van der Waals surface area contributed by atoms with Gasteiger partial charge in [-0.05, 0) is 48.9 Å². The maximum Gasteiger partial charge on any atom is 0.416 e. The Labute approximate surface area is 228 Å². The van der Waals surface area contributed by atoms with E-state index in [4.69, 9.17) is 21.1 Å². The van der Waals surface area contributed by atoms with Crippen LogP contribution in [-0.2, 0) is 11.0 Å². The number of nitrogens with zero attached hydrogens (tertiary/aromatic N) is 3. The van der Waals surface area contributed by atoms with Crippen LogP contribution in [0.15, 0.2) is 60.2 Å². The highest BCUT2D eigenvalue weighted by Crippen LogP contribution is 2.44. The van der Waals surface area contributed by atoms with Crippen molar-refractivity contribution in [3.63, 3.8) is 0 Å². The van der Waals surface area contributed by atoms with Gasteiger partial charge in [-0.1, -0.05) is 17.7 Å². The van der Waals surface area contributed by atoms with Crippen molar-refractivity contribution in [2.45, 2.75) is 13.1 Å². The summed E-state index contributed by atoms with van der Waals surface area (Å²) in [6, 6.07) is 11.0. The molecule has 0 bridgehead atoms. The number of nitro groups is 2. The summed E-state index contributed by atoms with van der Waals surface area (Å²) in [6.45, 7) is 1.64. The highest BCUT2D eigenvalue weighted by Gasteiger charge is 2.33. The fourth-order valence-electron chi connectivity index (χ4n) is 3.28. The molecule has 0 fully saturated rings. The molecule has 3 aromatic rings. The lowest BCUT2D eigenvalue weighted by Crippen LogP contribution is -2.13. The largest absolute Gasteiger partial charge is 0.490 e. The molecule has 11 nitrogen and oxygen atoms in total. The zero-order valence-electron chi connectivity index (χ0n) is 20.2. The molecular formula is C25H16ClF3N4O7. The fourth-order valence-corrected chi connectivity index (χ4v) is 3.53. The van der Waals surface area contributed by atoms with E-state index in [9.17, 15) is 43.5 Å². The standard InChI is InChI=1S/C25H16ClF3N4O7/c1-2-39-22-10-14(8-15(13-30)24(34)31-17-4-3-5-18(12-17)32(35)36)9-19(26)23(22)40-21-7-6-16(25(27,28)29)11-20(21)33(37)38/h3-12H,2H2,1H3,(H,31,34)/b15-8+. The molecule has 15 heteroatoms. The molecule has 3 rings (SSSR count). The Hall–Kier alpha value is -5.16. The highest BCUT2D eigenvalue weighted by atomic mass is 35.5. The SMILES string of the molecule is CCOc1cc(/C=C(\C#N)C(=O)Nc2cccc([N+](=O)[O-])c2)cc(Cl)c1Oc1ccc(C(F)(F)F)cc1[N+](=O)[O-]. The van der Waals surface area contributed by atoms with Gasteiger partial charge in [-0.15, -0.1) is 0 Å². The number of benzene rings is 3. The number of hydrogen-bond donors (Lipinski definition) is 1. The summed E-state index contributed by atoms with van der Waals surface area (Å²) in [4.78, 5) is 33.3. The molecule has 206 valence electrons. The summed E-state index contributed by atoms with van der Waals surface area (Å²) >= 11 is 6.31. The van der Waals surface area contributed by atoms with Crippen molar-refractivity contribution in [1.29, 1.82) is 5.26 Å². The second kappa shape index (κ2) is 12.1. The lowest BCUT2D eigenvalue weighted by Gasteiger charge is -2.15. The van der Waals surface area contributed by atoms with Gasteiger partial charge >= 0.3 is 11.9 Å². The number of non-ortho nitro benzene ring substituents is 1. The molecule has 0 atom stereocenters. The van der Waals surface area contributed by atoms with Crippen molar-refractivity contribution in [3.8, 4) is 23.3 Å². The van der Waals surface area contributed by atoms with E-state index in [0.717, 1.165) is 18.2 Å². The number of halogens is 4. The maximum absolute atomic E-state index is 13.0. The molecule has 0 unspecified atom stereocenters. The second-order valence-corrected chi connectivity index (χ2v) is 8.14. The van der Waals surface area contributed by atoms with Gasteiger partial charge in [0.15, 0.2) is 11.5 Å². The van der Waals surface area contributed by atoms with Crippen molar-refractivity contribution in [2.24, 2.45) is 0 Å². The first-order chi connectivity index (χ1) is 18.8. The van der Waals surface area contributed by atoms with E-state index in [1.165, 1.54) is 30.3 Å². The first-order valence-corrected chi connectivity index (χ1v) is 11.4. The predicted molar refractivity (Wildman–Crippen MR) is 136 cm³/mol. The van der Waals surface area contributed by atoms with Gasteiger partial charge in [0.05, 0.1) is 27.0 Å². The number of hydrogen-bond acceptors (Lipinski definition) is 8. The van der Waals surface area contributed by atoms with Gasteiger partial charge < -0.3 is 14.8 Å². The molecule has 1 N–H and O–H groups in total. The van der Waals surface area contributed by atoms with Gasteiger partial charge in [0.2, 0.25) is 5.75 Å². The summed E-state index contributed by atoms with van der Waals surface area (Å²) in [5.41, 5.74) is -2.70. The average Bonchev–Trinajstić information content (AvgIpc) is 2.88. The molecule has 40 heavy (non-hydrogen) atoms. The van der Waals surface area contributed by atoms with Crippen molar-refractivity contribution in [3.05, 3.63) is 96.5 Å². The number of carbonyl (C=O) groups is 1. The molecule has 0 spiro atoms. The predicted octanol–water partition coefficient (Wildman–Crippen LogP) is 6.91. The minimum absolute atomic E-state index is 0.0489. The quantitative estimate of drug-likeness (QED) is 0.124. The highest BCUT2D eigenvalue weighted by molar-refractivity contribution is 6.32. The van der Waals surface area contributed by atoms with Crippen LogP contribution in [0.4, 0.5) is 30.2 Å². The number of amides is 1. The summed E-state index contributed by atoms with van der Waals surface area (Å²) in [7, 11) is 0. The van der Waals surface area contributed by atoms with E-state index in [1.807, 2.05) is 0 Å². The molecule has 0 aliphatic rings. The molecule has 0 saturated carbocycles. The van der Waals surface area contributed by atoms with Crippen LogP contribution in [0.2, 0.25) is 5.02 Å². The zero-order valence-corrected chi connectivity index (χ0v) is 20.9. The second-order valence-electron chi connectivity index (χ2n) is 7.73. The van der Waals surface area contributed by atoms with E-state index in [0.29, 0.717) is 12.1 Å². The van der Waals surface area contributed by atoms with Gasteiger partial charge in [-0.3, -0.25) is 25.0 Å². The van der Waals surface area contributed by atoms with Crippen LogP contribution in [0.1, 0.15) is 18.1 Å². The molecule has 0 heterocycles. The van der Waals surface area contributed by atoms with E-state index in [-0.39, 0.29) is 40.1 Å². The Bertz CT molecular complexity index is 1570.